The Morgan fingerprint density at radius 3 is 2.53 bits per heavy atom. The molecule has 0 radical (unpaired) electrons. The highest BCUT2D eigenvalue weighted by Gasteiger charge is 2.10. The second kappa shape index (κ2) is 4.14. The molecule has 1 aromatic carbocycles. The van der Waals surface area contributed by atoms with Crippen molar-refractivity contribution in [3.05, 3.63) is 46.2 Å². The maximum Gasteiger partial charge on any atom is 0.267 e. The Morgan fingerprint density at radius 2 is 1.87 bits per heavy atom. The molecule has 0 bridgehead atoms. The number of H-pyrrole nitrogens is 2. The number of hydrogen-bond donors (Lipinski definition) is 3. The highest BCUT2D eigenvalue weighted by molar-refractivity contribution is 5.62. The molecule has 0 unspecified atom stereocenters. The third-order valence-corrected chi connectivity index (χ3v) is 2.30. The monoisotopic (exact) mass is 204 g/mol. The van der Waals surface area contributed by atoms with Crippen LogP contribution in [0.1, 0.15) is 5.56 Å². The van der Waals surface area contributed by atoms with Crippen molar-refractivity contribution in [2.75, 3.05) is 6.61 Å². The SMILES string of the molecule is O=c1[nH][nH]c(-c2ccccc2)c1CCO. The van der Waals surface area contributed by atoms with E-state index in [1.165, 1.54) is 0 Å². The van der Waals surface area contributed by atoms with Gasteiger partial charge in [0.05, 0.1) is 5.69 Å². The van der Waals surface area contributed by atoms with Crippen molar-refractivity contribution in [1.29, 1.82) is 0 Å². The van der Waals surface area contributed by atoms with Crippen molar-refractivity contribution in [3.63, 3.8) is 0 Å². The van der Waals surface area contributed by atoms with Crippen LogP contribution in [0.25, 0.3) is 11.3 Å². The molecule has 0 amide bonds. The van der Waals surface area contributed by atoms with Crippen molar-refractivity contribution in [3.8, 4) is 11.3 Å². The van der Waals surface area contributed by atoms with Gasteiger partial charge in [0.1, 0.15) is 0 Å². The zero-order valence-corrected chi connectivity index (χ0v) is 8.16. The fourth-order valence-corrected chi connectivity index (χ4v) is 1.59. The van der Waals surface area contributed by atoms with E-state index < -0.39 is 0 Å². The number of benzene rings is 1. The zero-order chi connectivity index (χ0) is 10.7. The maximum absolute atomic E-state index is 11.4. The Balaban J connectivity index is 2.49. The lowest BCUT2D eigenvalue weighted by Crippen LogP contribution is -2.07. The molecule has 0 fully saturated rings. The molecule has 0 aliphatic carbocycles. The van der Waals surface area contributed by atoms with Gasteiger partial charge in [-0.2, -0.15) is 0 Å². The summed E-state index contributed by atoms with van der Waals surface area (Å²) in [4.78, 5) is 11.4. The number of rotatable bonds is 3. The molecule has 0 aliphatic rings. The molecule has 2 rings (SSSR count). The first kappa shape index (κ1) is 9.73. The van der Waals surface area contributed by atoms with Crippen LogP contribution < -0.4 is 5.56 Å². The zero-order valence-electron chi connectivity index (χ0n) is 8.16. The summed E-state index contributed by atoms with van der Waals surface area (Å²) in [5, 5.41) is 14.2. The average molecular weight is 204 g/mol. The number of nitrogens with one attached hydrogen (secondary N) is 2. The van der Waals surface area contributed by atoms with Crippen LogP contribution in [0.2, 0.25) is 0 Å². The van der Waals surface area contributed by atoms with E-state index in [0.29, 0.717) is 12.0 Å². The molecular formula is C11H12N2O2. The summed E-state index contributed by atoms with van der Waals surface area (Å²) < 4.78 is 0. The van der Waals surface area contributed by atoms with Crippen LogP contribution in [0.4, 0.5) is 0 Å². The molecule has 0 saturated heterocycles. The van der Waals surface area contributed by atoms with Crippen LogP contribution in [-0.2, 0) is 6.42 Å². The van der Waals surface area contributed by atoms with Gasteiger partial charge in [0, 0.05) is 18.6 Å². The summed E-state index contributed by atoms with van der Waals surface area (Å²) in [5.74, 6) is 0. The van der Waals surface area contributed by atoms with Gasteiger partial charge in [0.2, 0.25) is 0 Å². The van der Waals surface area contributed by atoms with Crippen molar-refractivity contribution < 1.29 is 5.11 Å². The van der Waals surface area contributed by atoms with Gasteiger partial charge in [-0.25, -0.2) is 0 Å². The largest absolute Gasteiger partial charge is 0.396 e. The molecule has 1 aromatic heterocycles. The van der Waals surface area contributed by atoms with E-state index in [9.17, 15) is 4.79 Å². The van der Waals surface area contributed by atoms with Crippen LogP contribution >= 0.6 is 0 Å². The second-order valence-electron chi connectivity index (χ2n) is 3.27. The first-order chi connectivity index (χ1) is 7.33. The second-order valence-corrected chi connectivity index (χ2v) is 3.27. The first-order valence-electron chi connectivity index (χ1n) is 4.78. The lowest BCUT2D eigenvalue weighted by Gasteiger charge is -2.00. The molecule has 1 heterocycles. The van der Waals surface area contributed by atoms with Gasteiger partial charge >= 0.3 is 0 Å². The van der Waals surface area contributed by atoms with Gasteiger partial charge in [-0.15, -0.1) is 0 Å². The van der Waals surface area contributed by atoms with E-state index in [1.807, 2.05) is 30.3 Å². The molecule has 3 N–H and O–H groups in total. The topological polar surface area (TPSA) is 68.9 Å². The summed E-state index contributed by atoms with van der Waals surface area (Å²) in [7, 11) is 0. The minimum atomic E-state index is -0.164. The predicted molar refractivity (Wildman–Crippen MR) is 57.6 cm³/mol. The number of aliphatic hydroxyl groups excluding tert-OH is 1. The Hall–Kier alpha value is -1.81. The number of aromatic nitrogens is 2. The Morgan fingerprint density at radius 1 is 1.13 bits per heavy atom. The molecule has 15 heavy (non-hydrogen) atoms. The van der Waals surface area contributed by atoms with Gasteiger partial charge in [-0.1, -0.05) is 30.3 Å². The summed E-state index contributed by atoms with van der Waals surface area (Å²) in [6, 6.07) is 9.56. The highest BCUT2D eigenvalue weighted by Crippen LogP contribution is 2.18. The number of hydrogen-bond acceptors (Lipinski definition) is 2. The highest BCUT2D eigenvalue weighted by atomic mass is 16.3. The Labute approximate surface area is 86.6 Å². The average Bonchev–Trinajstić information content (AvgIpc) is 2.63. The van der Waals surface area contributed by atoms with Gasteiger partial charge < -0.3 is 5.11 Å². The summed E-state index contributed by atoms with van der Waals surface area (Å²) >= 11 is 0. The summed E-state index contributed by atoms with van der Waals surface area (Å²) in [6.07, 6.45) is 0.364. The number of aliphatic hydroxyl groups is 1. The molecule has 2 aromatic rings. The van der Waals surface area contributed by atoms with Crippen molar-refractivity contribution in [2.24, 2.45) is 0 Å². The smallest absolute Gasteiger partial charge is 0.267 e. The molecule has 4 nitrogen and oxygen atoms in total. The standard InChI is InChI=1S/C11H12N2O2/c14-7-6-9-10(12-13-11(9)15)8-4-2-1-3-5-8/h1-5,14H,6-7H2,(H2,12,13,15). The Bertz CT molecular complexity index is 485. The normalized spacial score (nSPS) is 10.5. The minimum absolute atomic E-state index is 0.0270. The third-order valence-electron chi connectivity index (χ3n) is 2.30. The quantitative estimate of drug-likeness (QED) is 0.695. The predicted octanol–water partition coefficient (Wildman–Crippen LogP) is 0.905. The van der Waals surface area contributed by atoms with Crippen LogP contribution in [0.5, 0.6) is 0 Å². The van der Waals surface area contributed by atoms with Crippen LogP contribution in [0.15, 0.2) is 35.1 Å². The van der Waals surface area contributed by atoms with Crippen molar-refractivity contribution in [1.82, 2.24) is 10.2 Å². The third kappa shape index (κ3) is 1.85. The van der Waals surface area contributed by atoms with E-state index in [-0.39, 0.29) is 12.2 Å². The fraction of sp³-hybridized carbons (Fsp3) is 0.182. The van der Waals surface area contributed by atoms with Gasteiger partial charge in [-0.3, -0.25) is 15.0 Å². The van der Waals surface area contributed by atoms with E-state index in [0.717, 1.165) is 11.3 Å². The molecule has 0 spiro atoms. The van der Waals surface area contributed by atoms with Gasteiger partial charge in [-0.05, 0) is 5.56 Å². The number of aromatic amines is 2. The molecule has 0 saturated carbocycles. The van der Waals surface area contributed by atoms with Gasteiger partial charge in [0.15, 0.2) is 0 Å². The summed E-state index contributed by atoms with van der Waals surface area (Å²) in [6.45, 7) is -0.0270. The molecule has 78 valence electrons. The molecule has 0 atom stereocenters. The van der Waals surface area contributed by atoms with Crippen LogP contribution in [0.3, 0.4) is 0 Å². The maximum atomic E-state index is 11.4. The molecule has 0 aliphatic heterocycles. The van der Waals surface area contributed by atoms with Gasteiger partial charge in [0.25, 0.3) is 5.56 Å². The lowest BCUT2D eigenvalue weighted by molar-refractivity contribution is 0.299. The minimum Gasteiger partial charge on any atom is -0.396 e. The van der Waals surface area contributed by atoms with E-state index >= 15 is 0 Å². The van der Waals surface area contributed by atoms with Crippen LogP contribution in [-0.4, -0.2) is 21.9 Å². The van der Waals surface area contributed by atoms with Crippen LogP contribution in [0, 0.1) is 0 Å². The van der Waals surface area contributed by atoms with E-state index in [1.54, 1.807) is 0 Å². The Kier molecular flexibility index (Phi) is 2.69. The fourth-order valence-electron chi connectivity index (χ4n) is 1.59. The van der Waals surface area contributed by atoms with Crippen molar-refractivity contribution >= 4 is 0 Å². The van der Waals surface area contributed by atoms with E-state index in [2.05, 4.69) is 10.2 Å². The van der Waals surface area contributed by atoms with E-state index in [4.69, 9.17) is 5.11 Å². The first-order valence-corrected chi connectivity index (χ1v) is 4.78. The molecular weight excluding hydrogens is 192 g/mol. The van der Waals surface area contributed by atoms with Crippen molar-refractivity contribution in [2.45, 2.75) is 6.42 Å². The molecule has 4 heteroatoms. The lowest BCUT2D eigenvalue weighted by atomic mass is 10.1. The summed E-state index contributed by atoms with van der Waals surface area (Å²) in [5.41, 5.74) is 2.14.